The quantitative estimate of drug-likeness (QED) is 0.448. The summed E-state index contributed by atoms with van der Waals surface area (Å²) in [5, 5.41) is 8.16. The molecular weight excluding hydrogens is 142 g/mol. The van der Waals surface area contributed by atoms with E-state index in [0.29, 0.717) is 19.4 Å². The molecule has 0 fully saturated rings. The number of nitrogens with zero attached hydrogens (tertiary/aromatic N) is 1. The van der Waals surface area contributed by atoms with E-state index in [9.17, 15) is 4.79 Å². The summed E-state index contributed by atoms with van der Waals surface area (Å²) in [5.41, 5.74) is 0. The van der Waals surface area contributed by atoms with Crippen LogP contribution < -0.4 is 0 Å². The number of nitriles is 1. The van der Waals surface area contributed by atoms with Crippen molar-refractivity contribution in [2.24, 2.45) is 0 Å². The molecule has 0 saturated heterocycles. The number of ether oxygens (including phenoxy) is 1. The molecule has 3 heteroatoms. The van der Waals surface area contributed by atoms with Crippen LogP contribution in [0.2, 0.25) is 0 Å². The minimum atomic E-state index is -0.165. The van der Waals surface area contributed by atoms with Crippen molar-refractivity contribution in [1.29, 1.82) is 5.26 Å². The van der Waals surface area contributed by atoms with E-state index < -0.39 is 0 Å². The maximum Gasteiger partial charge on any atom is 0.305 e. The van der Waals surface area contributed by atoms with Crippen LogP contribution in [0, 0.1) is 11.3 Å². The lowest BCUT2D eigenvalue weighted by atomic mass is 10.3. The van der Waals surface area contributed by atoms with Crippen molar-refractivity contribution in [2.75, 3.05) is 6.61 Å². The molecule has 0 unspecified atom stereocenters. The van der Waals surface area contributed by atoms with Crippen molar-refractivity contribution in [3.05, 3.63) is 0 Å². The van der Waals surface area contributed by atoms with Crippen molar-refractivity contribution in [2.45, 2.75) is 32.6 Å². The van der Waals surface area contributed by atoms with Gasteiger partial charge >= 0.3 is 5.97 Å². The Morgan fingerprint density at radius 1 is 1.55 bits per heavy atom. The zero-order chi connectivity index (χ0) is 8.53. The average Bonchev–Trinajstić information content (AvgIpc) is 2.04. The third-order valence-electron chi connectivity index (χ3n) is 1.23. The van der Waals surface area contributed by atoms with Gasteiger partial charge in [0.15, 0.2) is 0 Å². The van der Waals surface area contributed by atoms with Crippen LogP contribution in [0.4, 0.5) is 0 Å². The number of rotatable bonds is 5. The molecule has 0 aliphatic rings. The van der Waals surface area contributed by atoms with E-state index in [0.717, 1.165) is 12.8 Å². The summed E-state index contributed by atoms with van der Waals surface area (Å²) in [7, 11) is 0. The SMILES string of the molecule is CCC(=O)OCCCCC#N. The van der Waals surface area contributed by atoms with Crippen LogP contribution in [-0.4, -0.2) is 12.6 Å². The molecule has 0 saturated carbocycles. The highest BCUT2D eigenvalue weighted by Crippen LogP contribution is 1.95. The van der Waals surface area contributed by atoms with Crippen molar-refractivity contribution in [1.82, 2.24) is 0 Å². The van der Waals surface area contributed by atoms with E-state index >= 15 is 0 Å². The largest absolute Gasteiger partial charge is 0.466 e. The van der Waals surface area contributed by atoms with E-state index in [1.54, 1.807) is 6.92 Å². The molecule has 0 radical (unpaired) electrons. The second-order valence-electron chi connectivity index (χ2n) is 2.19. The Balaban J connectivity index is 3.03. The Bertz CT molecular complexity index is 149. The lowest BCUT2D eigenvalue weighted by Gasteiger charge is -2.00. The molecule has 0 aromatic heterocycles. The van der Waals surface area contributed by atoms with Crippen LogP contribution >= 0.6 is 0 Å². The predicted molar refractivity (Wildman–Crippen MR) is 40.7 cm³/mol. The number of hydrogen-bond acceptors (Lipinski definition) is 3. The fourth-order valence-corrected chi connectivity index (χ4v) is 0.594. The Hall–Kier alpha value is -1.04. The molecule has 0 aliphatic heterocycles. The van der Waals surface area contributed by atoms with Gasteiger partial charge in [-0.25, -0.2) is 0 Å². The monoisotopic (exact) mass is 155 g/mol. The molecule has 11 heavy (non-hydrogen) atoms. The number of carbonyl (C=O) groups excluding carboxylic acids is 1. The molecule has 0 N–H and O–H groups in total. The summed E-state index contributed by atoms with van der Waals surface area (Å²) >= 11 is 0. The molecule has 0 aliphatic carbocycles. The van der Waals surface area contributed by atoms with Gasteiger partial charge in [-0.05, 0) is 12.8 Å². The highest BCUT2D eigenvalue weighted by Gasteiger charge is 1.96. The molecule has 0 bridgehead atoms. The minimum Gasteiger partial charge on any atom is -0.466 e. The molecule has 0 spiro atoms. The molecule has 0 rings (SSSR count). The standard InChI is InChI=1S/C8H13NO2/c1-2-8(10)11-7-5-3-4-6-9/h2-5,7H2,1H3. The van der Waals surface area contributed by atoms with Crippen LogP contribution in [0.1, 0.15) is 32.6 Å². The fraction of sp³-hybridized carbons (Fsp3) is 0.750. The minimum absolute atomic E-state index is 0.165. The second kappa shape index (κ2) is 7.07. The highest BCUT2D eigenvalue weighted by atomic mass is 16.5. The fourth-order valence-electron chi connectivity index (χ4n) is 0.594. The van der Waals surface area contributed by atoms with E-state index in [1.165, 1.54) is 0 Å². The first-order valence-electron chi connectivity index (χ1n) is 3.83. The zero-order valence-electron chi connectivity index (χ0n) is 6.80. The average molecular weight is 155 g/mol. The topological polar surface area (TPSA) is 50.1 Å². The van der Waals surface area contributed by atoms with Crippen LogP contribution in [0.5, 0.6) is 0 Å². The third kappa shape index (κ3) is 6.85. The molecule has 3 nitrogen and oxygen atoms in total. The first kappa shape index (κ1) is 9.96. The molecule has 0 heterocycles. The Kier molecular flexibility index (Phi) is 6.40. The van der Waals surface area contributed by atoms with Crippen LogP contribution in [0.3, 0.4) is 0 Å². The maximum atomic E-state index is 10.6. The number of esters is 1. The summed E-state index contributed by atoms with van der Waals surface area (Å²) in [4.78, 5) is 10.6. The summed E-state index contributed by atoms with van der Waals surface area (Å²) < 4.78 is 4.79. The zero-order valence-corrected chi connectivity index (χ0v) is 6.80. The van der Waals surface area contributed by atoms with Crippen molar-refractivity contribution < 1.29 is 9.53 Å². The summed E-state index contributed by atoms with van der Waals surface area (Å²) in [6.07, 6.45) is 2.58. The molecule has 0 aromatic rings. The summed E-state index contributed by atoms with van der Waals surface area (Å²) in [6, 6.07) is 2.03. The molecule has 0 amide bonds. The molecule has 62 valence electrons. The van der Waals surface area contributed by atoms with Crippen LogP contribution in [0.15, 0.2) is 0 Å². The third-order valence-corrected chi connectivity index (χ3v) is 1.23. The Morgan fingerprint density at radius 3 is 2.82 bits per heavy atom. The van der Waals surface area contributed by atoms with E-state index in [-0.39, 0.29) is 5.97 Å². The van der Waals surface area contributed by atoms with Gasteiger partial charge in [0, 0.05) is 12.8 Å². The Labute approximate surface area is 67.0 Å². The van der Waals surface area contributed by atoms with Gasteiger partial charge in [0.2, 0.25) is 0 Å². The van der Waals surface area contributed by atoms with Crippen LogP contribution in [0.25, 0.3) is 0 Å². The smallest absolute Gasteiger partial charge is 0.305 e. The van der Waals surface area contributed by atoms with Gasteiger partial charge in [0.1, 0.15) is 0 Å². The molecular formula is C8H13NO2. The Morgan fingerprint density at radius 2 is 2.27 bits per heavy atom. The van der Waals surface area contributed by atoms with Crippen molar-refractivity contribution in [3.8, 4) is 6.07 Å². The number of hydrogen-bond donors (Lipinski definition) is 0. The predicted octanol–water partition coefficient (Wildman–Crippen LogP) is 1.63. The van der Waals surface area contributed by atoms with Crippen molar-refractivity contribution >= 4 is 5.97 Å². The number of unbranched alkanes of at least 4 members (excludes halogenated alkanes) is 2. The first-order chi connectivity index (χ1) is 5.31. The van der Waals surface area contributed by atoms with E-state index in [4.69, 9.17) is 10.00 Å². The van der Waals surface area contributed by atoms with Crippen LogP contribution in [-0.2, 0) is 9.53 Å². The highest BCUT2D eigenvalue weighted by molar-refractivity contribution is 5.68. The second-order valence-corrected chi connectivity index (χ2v) is 2.19. The van der Waals surface area contributed by atoms with Gasteiger partial charge in [-0.2, -0.15) is 5.26 Å². The van der Waals surface area contributed by atoms with E-state index in [1.807, 2.05) is 6.07 Å². The van der Waals surface area contributed by atoms with Gasteiger partial charge in [0.25, 0.3) is 0 Å². The normalized spacial score (nSPS) is 8.73. The van der Waals surface area contributed by atoms with E-state index in [2.05, 4.69) is 0 Å². The first-order valence-corrected chi connectivity index (χ1v) is 3.83. The van der Waals surface area contributed by atoms with Gasteiger partial charge in [-0.1, -0.05) is 6.92 Å². The molecule has 0 atom stereocenters. The maximum absolute atomic E-state index is 10.6. The van der Waals surface area contributed by atoms with Gasteiger partial charge in [-0.15, -0.1) is 0 Å². The van der Waals surface area contributed by atoms with Gasteiger partial charge < -0.3 is 4.74 Å². The van der Waals surface area contributed by atoms with Crippen molar-refractivity contribution in [3.63, 3.8) is 0 Å². The lowest BCUT2D eigenvalue weighted by molar-refractivity contribution is -0.143. The summed E-state index contributed by atoms with van der Waals surface area (Å²) in [5.74, 6) is -0.165. The van der Waals surface area contributed by atoms with Gasteiger partial charge in [0.05, 0.1) is 12.7 Å². The molecule has 0 aromatic carbocycles. The summed E-state index contributed by atoms with van der Waals surface area (Å²) in [6.45, 7) is 2.21. The lowest BCUT2D eigenvalue weighted by Crippen LogP contribution is -2.03. The number of carbonyl (C=O) groups is 1. The van der Waals surface area contributed by atoms with Gasteiger partial charge in [-0.3, -0.25) is 4.79 Å².